The van der Waals surface area contributed by atoms with Crippen molar-refractivity contribution < 1.29 is 14.3 Å². The lowest BCUT2D eigenvalue weighted by atomic mass is 9.96. The molecule has 0 radical (unpaired) electrons. The van der Waals surface area contributed by atoms with Crippen molar-refractivity contribution in [2.75, 3.05) is 38.9 Å². The van der Waals surface area contributed by atoms with Gasteiger partial charge in [0.2, 0.25) is 5.91 Å². The molecule has 0 saturated carbocycles. The van der Waals surface area contributed by atoms with Gasteiger partial charge in [0.1, 0.15) is 6.61 Å². The summed E-state index contributed by atoms with van der Waals surface area (Å²) in [4.78, 5) is 11.2. The highest BCUT2D eigenvalue weighted by molar-refractivity contribution is 7.99. The fourth-order valence-corrected chi connectivity index (χ4v) is 2.88. The predicted molar refractivity (Wildman–Crippen MR) is 61.2 cm³/mol. The van der Waals surface area contributed by atoms with Crippen LogP contribution in [0.5, 0.6) is 0 Å². The van der Waals surface area contributed by atoms with E-state index in [1.807, 2.05) is 11.8 Å². The average molecular weight is 233 g/mol. The second kappa shape index (κ2) is 6.35. The molecule has 0 aromatic rings. The van der Waals surface area contributed by atoms with Crippen molar-refractivity contribution in [3.8, 4) is 0 Å². The van der Waals surface area contributed by atoms with Crippen molar-refractivity contribution in [3.05, 3.63) is 0 Å². The maximum atomic E-state index is 11.2. The smallest absolute Gasteiger partial charge is 0.246 e. The van der Waals surface area contributed by atoms with Gasteiger partial charge in [0.05, 0.1) is 5.60 Å². The molecule has 0 aliphatic carbocycles. The SMILES string of the molecule is COCC(=O)NCC1(OC)CCSCC1. The van der Waals surface area contributed by atoms with Crippen LogP contribution >= 0.6 is 11.8 Å². The molecule has 0 bridgehead atoms. The van der Waals surface area contributed by atoms with Gasteiger partial charge in [-0.2, -0.15) is 11.8 Å². The second-order valence-electron chi connectivity index (χ2n) is 3.71. The number of hydrogen-bond donors (Lipinski definition) is 1. The van der Waals surface area contributed by atoms with Gasteiger partial charge in [-0.25, -0.2) is 0 Å². The zero-order valence-corrected chi connectivity index (χ0v) is 10.2. The molecule has 1 aliphatic rings. The first-order valence-corrected chi connectivity index (χ1v) is 6.26. The van der Waals surface area contributed by atoms with Gasteiger partial charge in [0, 0.05) is 20.8 Å². The number of thioether (sulfide) groups is 1. The minimum Gasteiger partial charge on any atom is -0.376 e. The highest BCUT2D eigenvalue weighted by Crippen LogP contribution is 2.29. The summed E-state index contributed by atoms with van der Waals surface area (Å²) in [5, 5.41) is 2.85. The normalized spacial score (nSPS) is 19.9. The second-order valence-corrected chi connectivity index (χ2v) is 4.93. The van der Waals surface area contributed by atoms with Crippen LogP contribution in [0.15, 0.2) is 0 Å². The molecule has 0 aromatic heterocycles. The molecule has 1 heterocycles. The minimum absolute atomic E-state index is 0.0767. The van der Waals surface area contributed by atoms with Crippen LogP contribution < -0.4 is 5.32 Å². The Morgan fingerprint density at radius 2 is 2.07 bits per heavy atom. The van der Waals surface area contributed by atoms with Crippen LogP contribution in [0.1, 0.15) is 12.8 Å². The fraction of sp³-hybridized carbons (Fsp3) is 0.900. The number of ether oxygens (including phenoxy) is 2. The van der Waals surface area contributed by atoms with Crippen molar-refractivity contribution in [1.29, 1.82) is 0 Å². The van der Waals surface area contributed by atoms with Gasteiger partial charge in [-0.1, -0.05) is 0 Å². The third-order valence-corrected chi connectivity index (χ3v) is 3.71. The molecule has 1 N–H and O–H groups in total. The Morgan fingerprint density at radius 3 is 2.60 bits per heavy atom. The number of hydrogen-bond acceptors (Lipinski definition) is 4. The minimum atomic E-state index is -0.158. The molecule has 0 atom stereocenters. The molecule has 0 spiro atoms. The number of nitrogens with one attached hydrogen (secondary N) is 1. The zero-order chi connectivity index (χ0) is 11.1. The Hall–Kier alpha value is -0.260. The summed E-state index contributed by atoms with van der Waals surface area (Å²) in [6.45, 7) is 0.709. The molecule has 0 unspecified atom stereocenters. The summed E-state index contributed by atoms with van der Waals surface area (Å²) >= 11 is 1.94. The van der Waals surface area contributed by atoms with E-state index in [1.165, 1.54) is 7.11 Å². The maximum absolute atomic E-state index is 11.2. The molecule has 88 valence electrons. The van der Waals surface area contributed by atoms with E-state index in [1.54, 1.807) is 7.11 Å². The molecular formula is C10H19NO3S. The van der Waals surface area contributed by atoms with E-state index in [0.29, 0.717) is 6.54 Å². The van der Waals surface area contributed by atoms with E-state index in [-0.39, 0.29) is 18.1 Å². The van der Waals surface area contributed by atoms with E-state index < -0.39 is 0 Å². The molecule has 1 fully saturated rings. The van der Waals surface area contributed by atoms with Crippen LogP contribution in [0, 0.1) is 0 Å². The number of rotatable bonds is 5. The van der Waals surface area contributed by atoms with Crippen LogP contribution in [-0.4, -0.2) is 50.4 Å². The number of carbonyl (C=O) groups excluding carboxylic acids is 1. The number of carbonyl (C=O) groups is 1. The predicted octanol–water partition coefficient (Wildman–Crippen LogP) is 0.661. The molecule has 1 amide bonds. The average Bonchev–Trinajstić information content (AvgIpc) is 2.28. The number of amides is 1. The van der Waals surface area contributed by atoms with Crippen LogP contribution in [0.3, 0.4) is 0 Å². The van der Waals surface area contributed by atoms with Gasteiger partial charge >= 0.3 is 0 Å². The Morgan fingerprint density at radius 1 is 1.40 bits per heavy atom. The van der Waals surface area contributed by atoms with Gasteiger partial charge in [0.15, 0.2) is 0 Å². The number of methoxy groups -OCH3 is 2. The molecule has 15 heavy (non-hydrogen) atoms. The highest BCUT2D eigenvalue weighted by atomic mass is 32.2. The van der Waals surface area contributed by atoms with E-state index in [2.05, 4.69) is 5.32 Å². The van der Waals surface area contributed by atoms with E-state index in [4.69, 9.17) is 9.47 Å². The Bertz CT molecular complexity index is 205. The summed E-state index contributed by atoms with van der Waals surface area (Å²) in [6.07, 6.45) is 2.00. The maximum Gasteiger partial charge on any atom is 0.246 e. The topological polar surface area (TPSA) is 47.6 Å². The van der Waals surface area contributed by atoms with Crippen LogP contribution in [-0.2, 0) is 14.3 Å². The van der Waals surface area contributed by atoms with Crippen LogP contribution in [0.25, 0.3) is 0 Å². The van der Waals surface area contributed by atoms with E-state index in [0.717, 1.165) is 24.3 Å². The first-order valence-electron chi connectivity index (χ1n) is 5.11. The molecule has 5 heteroatoms. The van der Waals surface area contributed by atoms with E-state index >= 15 is 0 Å². The third-order valence-electron chi connectivity index (χ3n) is 2.72. The summed E-state index contributed by atoms with van der Waals surface area (Å²) in [7, 11) is 3.24. The summed E-state index contributed by atoms with van der Waals surface area (Å²) in [5.74, 6) is 2.13. The van der Waals surface area contributed by atoms with Crippen LogP contribution in [0.2, 0.25) is 0 Å². The van der Waals surface area contributed by atoms with Gasteiger partial charge in [0.25, 0.3) is 0 Å². The monoisotopic (exact) mass is 233 g/mol. The Labute approximate surface area is 95.1 Å². The van der Waals surface area contributed by atoms with Crippen molar-refractivity contribution in [1.82, 2.24) is 5.32 Å². The van der Waals surface area contributed by atoms with E-state index in [9.17, 15) is 4.79 Å². The molecule has 0 aromatic carbocycles. The first kappa shape index (κ1) is 12.8. The first-order chi connectivity index (χ1) is 7.22. The molecule has 1 aliphatic heterocycles. The largest absolute Gasteiger partial charge is 0.376 e. The summed E-state index contributed by atoms with van der Waals surface area (Å²) in [5.41, 5.74) is -0.158. The molecule has 1 rings (SSSR count). The van der Waals surface area contributed by atoms with Crippen molar-refractivity contribution in [3.63, 3.8) is 0 Å². The third kappa shape index (κ3) is 4.01. The van der Waals surface area contributed by atoms with Gasteiger partial charge in [-0.05, 0) is 24.3 Å². The quantitative estimate of drug-likeness (QED) is 0.758. The zero-order valence-electron chi connectivity index (χ0n) is 9.38. The lowest BCUT2D eigenvalue weighted by Gasteiger charge is -2.35. The van der Waals surface area contributed by atoms with Gasteiger partial charge in [-0.3, -0.25) is 4.79 Å². The Kier molecular flexibility index (Phi) is 5.42. The fourth-order valence-electron chi connectivity index (χ4n) is 1.64. The standard InChI is InChI=1S/C10H19NO3S/c1-13-7-9(12)11-8-10(14-2)3-5-15-6-4-10/h3-8H2,1-2H3,(H,11,12). The van der Waals surface area contributed by atoms with Crippen molar-refractivity contribution in [2.45, 2.75) is 18.4 Å². The lowest BCUT2D eigenvalue weighted by molar-refractivity contribution is -0.126. The molecule has 1 saturated heterocycles. The van der Waals surface area contributed by atoms with Gasteiger partial charge in [-0.15, -0.1) is 0 Å². The molecule has 4 nitrogen and oxygen atoms in total. The molecular weight excluding hydrogens is 214 g/mol. The lowest BCUT2D eigenvalue weighted by Crippen LogP contribution is -2.47. The van der Waals surface area contributed by atoms with Crippen molar-refractivity contribution >= 4 is 17.7 Å². The summed E-state index contributed by atoms with van der Waals surface area (Å²) in [6, 6.07) is 0. The summed E-state index contributed by atoms with van der Waals surface area (Å²) < 4.78 is 10.3. The van der Waals surface area contributed by atoms with Gasteiger partial charge < -0.3 is 14.8 Å². The highest BCUT2D eigenvalue weighted by Gasteiger charge is 2.32. The Balaban J connectivity index is 2.35. The van der Waals surface area contributed by atoms with Crippen LogP contribution in [0.4, 0.5) is 0 Å². The van der Waals surface area contributed by atoms with Crippen molar-refractivity contribution in [2.24, 2.45) is 0 Å².